The van der Waals surface area contributed by atoms with Gasteiger partial charge in [-0.2, -0.15) is 0 Å². The minimum atomic E-state index is -0.871. The highest BCUT2D eigenvalue weighted by atomic mass is 35.5. The number of aliphatic carboxylic acids is 1. The Balaban J connectivity index is 1.74. The average Bonchev–Trinajstić information content (AvgIpc) is 3.08. The summed E-state index contributed by atoms with van der Waals surface area (Å²) in [6.45, 7) is 0.362. The largest absolute Gasteiger partial charge is 0.486 e. The van der Waals surface area contributed by atoms with Crippen molar-refractivity contribution < 1.29 is 19.0 Å². The molecule has 142 valence electrons. The van der Waals surface area contributed by atoms with Crippen LogP contribution in [0.5, 0.6) is 5.75 Å². The third kappa shape index (κ3) is 5.02. The lowest BCUT2D eigenvalue weighted by molar-refractivity contribution is -0.136. The molecule has 0 atom stereocenters. The Labute approximate surface area is 167 Å². The summed E-state index contributed by atoms with van der Waals surface area (Å²) in [4.78, 5) is 10.7. The first-order valence-corrected chi connectivity index (χ1v) is 9.49. The molecule has 1 aliphatic carbocycles. The summed E-state index contributed by atoms with van der Waals surface area (Å²) in [7, 11) is 0. The van der Waals surface area contributed by atoms with Crippen LogP contribution >= 0.6 is 23.2 Å². The molecule has 27 heavy (non-hydrogen) atoms. The average molecular weight is 409 g/mol. The molecule has 0 saturated carbocycles. The van der Waals surface area contributed by atoms with Gasteiger partial charge in [-0.3, -0.25) is 4.79 Å². The van der Waals surface area contributed by atoms with Gasteiger partial charge in [-0.1, -0.05) is 35.3 Å². The number of benzene rings is 2. The van der Waals surface area contributed by atoms with E-state index < -0.39 is 5.97 Å². The minimum Gasteiger partial charge on any atom is -0.486 e. The van der Waals surface area contributed by atoms with E-state index in [1.54, 1.807) is 24.3 Å². The molecule has 1 aliphatic rings. The molecule has 0 spiro atoms. The smallest absolute Gasteiger partial charge is 0.303 e. The molecule has 0 saturated heterocycles. The molecule has 2 aromatic carbocycles. The maximum absolute atomic E-state index is 13.2. The molecule has 0 fully saturated rings. The molecule has 1 N–H and O–H groups in total. The molecule has 2 aromatic rings. The molecule has 0 aromatic heterocycles. The van der Waals surface area contributed by atoms with Gasteiger partial charge in [0.2, 0.25) is 0 Å². The zero-order valence-corrected chi connectivity index (χ0v) is 16.1. The third-order valence-corrected chi connectivity index (χ3v) is 5.16. The van der Waals surface area contributed by atoms with Crippen molar-refractivity contribution in [3.05, 3.63) is 69.0 Å². The van der Waals surface area contributed by atoms with Crippen molar-refractivity contribution in [2.75, 3.05) is 6.61 Å². The van der Waals surface area contributed by atoms with Gasteiger partial charge >= 0.3 is 5.97 Å². The number of hydrogen-bond donors (Lipinski definition) is 1. The van der Waals surface area contributed by atoms with Gasteiger partial charge in [0, 0.05) is 6.42 Å². The van der Waals surface area contributed by atoms with Gasteiger partial charge in [0.15, 0.2) is 5.75 Å². The summed E-state index contributed by atoms with van der Waals surface area (Å²) in [6.07, 6.45) is 3.25. The van der Waals surface area contributed by atoms with E-state index in [0.717, 1.165) is 36.0 Å². The van der Waals surface area contributed by atoms with E-state index in [1.807, 2.05) is 0 Å². The van der Waals surface area contributed by atoms with E-state index >= 15 is 0 Å². The van der Waals surface area contributed by atoms with Crippen LogP contribution in [0.1, 0.15) is 36.8 Å². The Morgan fingerprint density at radius 2 is 1.78 bits per heavy atom. The number of carboxylic acid groups (broad SMARTS) is 1. The summed E-state index contributed by atoms with van der Waals surface area (Å²) in [5.41, 5.74) is 4.10. The van der Waals surface area contributed by atoms with Crippen LogP contribution in [0, 0.1) is 5.82 Å². The van der Waals surface area contributed by atoms with Crippen LogP contribution < -0.4 is 4.74 Å². The molecule has 0 unspecified atom stereocenters. The fraction of sp³-hybridized carbons (Fsp3) is 0.286. The van der Waals surface area contributed by atoms with E-state index in [-0.39, 0.29) is 12.2 Å². The van der Waals surface area contributed by atoms with Crippen LogP contribution in [0.3, 0.4) is 0 Å². The predicted octanol–water partition coefficient (Wildman–Crippen LogP) is 6.17. The summed E-state index contributed by atoms with van der Waals surface area (Å²) in [5.74, 6) is -0.726. The SMILES string of the molecule is O=C(O)CCc1cc(Cl)c(OCC2=C(c3ccc(F)cc3)CCC2)c(Cl)c1. The predicted molar refractivity (Wildman–Crippen MR) is 105 cm³/mol. The fourth-order valence-corrected chi connectivity index (χ4v) is 3.91. The summed E-state index contributed by atoms with van der Waals surface area (Å²) in [6, 6.07) is 9.87. The lowest BCUT2D eigenvalue weighted by atomic mass is 10.0. The first kappa shape index (κ1) is 19.7. The van der Waals surface area contributed by atoms with Crippen molar-refractivity contribution >= 4 is 34.7 Å². The Kier molecular flexibility index (Phi) is 6.40. The first-order chi connectivity index (χ1) is 12.9. The lowest BCUT2D eigenvalue weighted by Crippen LogP contribution is -2.03. The Morgan fingerprint density at radius 3 is 2.41 bits per heavy atom. The molecule has 0 bridgehead atoms. The second-order valence-electron chi connectivity index (χ2n) is 6.51. The maximum Gasteiger partial charge on any atom is 0.303 e. The van der Waals surface area contributed by atoms with Gasteiger partial charge in [-0.15, -0.1) is 0 Å². The number of halogens is 3. The second-order valence-corrected chi connectivity index (χ2v) is 7.33. The quantitative estimate of drug-likeness (QED) is 0.595. The highest BCUT2D eigenvalue weighted by Gasteiger charge is 2.18. The standard InChI is InChI=1S/C21H19Cl2FO3/c22-18-10-13(4-9-20(25)26)11-19(23)21(18)27-12-15-2-1-3-17(15)14-5-7-16(24)8-6-14/h5-8,10-11H,1-4,9,12H2,(H,25,26). The van der Waals surface area contributed by atoms with E-state index in [0.29, 0.717) is 28.8 Å². The maximum atomic E-state index is 13.2. The van der Waals surface area contributed by atoms with Crippen LogP contribution in [0.4, 0.5) is 4.39 Å². The van der Waals surface area contributed by atoms with Gasteiger partial charge in [0.05, 0.1) is 10.0 Å². The Hall–Kier alpha value is -2.04. The molecule has 0 radical (unpaired) electrons. The van der Waals surface area contributed by atoms with Gasteiger partial charge in [-0.05, 0) is 72.2 Å². The molecule has 3 rings (SSSR count). The molecular formula is C21H19Cl2FO3. The first-order valence-electron chi connectivity index (χ1n) is 8.73. The zero-order chi connectivity index (χ0) is 19.4. The van der Waals surface area contributed by atoms with Gasteiger partial charge in [0.25, 0.3) is 0 Å². The van der Waals surface area contributed by atoms with E-state index in [2.05, 4.69) is 0 Å². The Bertz CT molecular complexity index is 852. The third-order valence-electron chi connectivity index (χ3n) is 4.60. The van der Waals surface area contributed by atoms with Crippen molar-refractivity contribution in [1.82, 2.24) is 0 Å². The van der Waals surface area contributed by atoms with Crippen molar-refractivity contribution in [2.45, 2.75) is 32.1 Å². The number of ether oxygens (including phenoxy) is 1. The molecule has 0 aliphatic heterocycles. The monoisotopic (exact) mass is 408 g/mol. The number of aryl methyl sites for hydroxylation is 1. The van der Waals surface area contributed by atoms with Crippen LogP contribution in [-0.4, -0.2) is 17.7 Å². The van der Waals surface area contributed by atoms with Crippen LogP contribution in [0.25, 0.3) is 5.57 Å². The fourth-order valence-electron chi connectivity index (χ4n) is 3.27. The number of rotatable bonds is 7. The molecular weight excluding hydrogens is 390 g/mol. The van der Waals surface area contributed by atoms with Gasteiger partial charge < -0.3 is 9.84 Å². The van der Waals surface area contributed by atoms with E-state index in [9.17, 15) is 9.18 Å². The van der Waals surface area contributed by atoms with Crippen molar-refractivity contribution in [2.24, 2.45) is 0 Å². The van der Waals surface area contributed by atoms with Gasteiger partial charge in [-0.25, -0.2) is 4.39 Å². The van der Waals surface area contributed by atoms with E-state index in [1.165, 1.54) is 17.7 Å². The number of carboxylic acids is 1. The highest BCUT2D eigenvalue weighted by molar-refractivity contribution is 6.37. The summed E-state index contributed by atoms with van der Waals surface area (Å²) in [5, 5.41) is 9.52. The highest BCUT2D eigenvalue weighted by Crippen LogP contribution is 2.38. The molecule has 0 amide bonds. The van der Waals surface area contributed by atoms with Crippen molar-refractivity contribution in [3.8, 4) is 5.75 Å². The van der Waals surface area contributed by atoms with Crippen molar-refractivity contribution in [1.29, 1.82) is 0 Å². The normalized spacial score (nSPS) is 13.9. The van der Waals surface area contributed by atoms with Gasteiger partial charge in [0.1, 0.15) is 12.4 Å². The van der Waals surface area contributed by atoms with Crippen LogP contribution in [0.15, 0.2) is 42.0 Å². The zero-order valence-electron chi connectivity index (χ0n) is 14.6. The summed E-state index contributed by atoms with van der Waals surface area (Å²) >= 11 is 12.6. The minimum absolute atomic E-state index is 0.0147. The summed E-state index contributed by atoms with van der Waals surface area (Å²) < 4.78 is 19.1. The molecule has 3 nitrogen and oxygen atoms in total. The number of carbonyl (C=O) groups is 1. The lowest BCUT2D eigenvalue weighted by Gasteiger charge is -2.14. The van der Waals surface area contributed by atoms with Crippen LogP contribution in [-0.2, 0) is 11.2 Å². The molecule has 0 heterocycles. The second kappa shape index (κ2) is 8.77. The van der Waals surface area contributed by atoms with Crippen LogP contribution in [0.2, 0.25) is 10.0 Å². The molecule has 6 heteroatoms. The topological polar surface area (TPSA) is 46.5 Å². The van der Waals surface area contributed by atoms with Crippen molar-refractivity contribution in [3.63, 3.8) is 0 Å². The Morgan fingerprint density at radius 1 is 1.11 bits per heavy atom. The number of allylic oxidation sites excluding steroid dienone is 1. The number of hydrogen-bond acceptors (Lipinski definition) is 2. The van der Waals surface area contributed by atoms with E-state index in [4.69, 9.17) is 33.0 Å².